The molecule has 0 spiro atoms. The van der Waals surface area contributed by atoms with Crippen molar-refractivity contribution in [1.29, 1.82) is 0 Å². The van der Waals surface area contributed by atoms with Gasteiger partial charge in [-0.05, 0) is 23.7 Å². The van der Waals surface area contributed by atoms with Crippen molar-refractivity contribution in [2.24, 2.45) is 0 Å². The number of hydrogen-bond acceptors (Lipinski definition) is 3. The molecule has 0 aliphatic carbocycles. The monoisotopic (exact) mass is 244 g/mol. The minimum Gasteiger partial charge on any atom is -0.478 e. The first-order valence-corrected chi connectivity index (χ1v) is 4.20. The lowest BCUT2D eigenvalue weighted by molar-refractivity contribution is 0.0697. The van der Waals surface area contributed by atoms with Gasteiger partial charge in [0.05, 0.1) is 5.56 Å². The van der Waals surface area contributed by atoms with Crippen LogP contribution >= 0.6 is 15.9 Å². The first-order valence-electron chi connectivity index (χ1n) is 3.40. The number of benzene rings is 1. The maximum atomic E-state index is 10.5. The summed E-state index contributed by atoms with van der Waals surface area (Å²) in [6.45, 7) is 0. The van der Waals surface area contributed by atoms with Gasteiger partial charge in [-0.1, -0.05) is 15.9 Å². The highest BCUT2D eigenvalue weighted by Crippen LogP contribution is 2.10. The maximum Gasteiger partial charge on any atom is 0.488 e. The van der Waals surface area contributed by atoms with E-state index in [1.165, 1.54) is 18.2 Å². The Morgan fingerprint density at radius 1 is 1.31 bits per heavy atom. The van der Waals surface area contributed by atoms with E-state index in [1.807, 2.05) is 0 Å². The Hall–Kier alpha value is -0.845. The van der Waals surface area contributed by atoms with Crippen molar-refractivity contribution in [2.45, 2.75) is 0 Å². The average molecular weight is 245 g/mol. The third-order valence-corrected chi connectivity index (χ3v) is 1.92. The van der Waals surface area contributed by atoms with Crippen LogP contribution in [-0.4, -0.2) is 28.2 Å². The normalized spacial score (nSPS) is 9.77. The second kappa shape index (κ2) is 3.91. The van der Waals surface area contributed by atoms with Gasteiger partial charge < -0.3 is 15.2 Å². The van der Waals surface area contributed by atoms with Gasteiger partial charge in [-0.2, -0.15) is 0 Å². The van der Waals surface area contributed by atoms with Gasteiger partial charge in [0.25, 0.3) is 0 Å². The summed E-state index contributed by atoms with van der Waals surface area (Å²) >= 11 is 3.06. The first-order chi connectivity index (χ1) is 6.00. The molecule has 0 aromatic heterocycles. The largest absolute Gasteiger partial charge is 0.488 e. The SMILES string of the molecule is O=C(O)c1cc(Br)cc(B(O)O)c1. The second-order valence-corrected chi connectivity index (χ2v) is 3.37. The predicted octanol–water partition coefficient (Wildman–Crippen LogP) is -0.173. The molecule has 0 saturated heterocycles. The van der Waals surface area contributed by atoms with Crippen molar-refractivity contribution in [3.8, 4) is 0 Å². The van der Waals surface area contributed by atoms with Crippen molar-refractivity contribution < 1.29 is 19.9 Å². The lowest BCUT2D eigenvalue weighted by atomic mass is 9.80. The van der Waals surface area contributed by atoms with Gasteiger partial charge in [-0.3, -0.25) is 0 Å². The first kappa shape index (κ1) is 10.2. The fourth-order valence-electron chi connectivity index (χ4n) is 0.885. The molecule has 68 valence electrons. The number of carboxylic acid groups (broad SMARTS) is 1. The van der Waals surface area contributed by atoms with Crippen molar-refractivity contribution in [3.63, 3.8) is 0 Å². The molecule has 13 heavy (non-hydrogen) atoms. The maximum absolute atomic E-state index is 10.5. The van der Waals surface area contributed by atoms with E-state index < -0.39 is 13.1 Å². The number of rotatable bonds is 2. The van der Waals surface area contributed by atoms with Gasteiger partial charge in [0, 0.05) is 4.47 Å². The van der Waals surface area contributed by atoms with Crippen molar-refractivity contribution in [3.05, 3.63) is 28.2 Å². The van der Waals surface area contributed by atoms with Crippen LogP contribution in [0.25, 0.3) is 0 Å². The van der Waals surface area contributed by atoms with Crippen LogP contribution < -0.4 is 5.46 Å². The van der Waals surface area contributed by atoms with Crippen LogP contribution in [0.1, 0.15) is 10.4 Å². The molecule has 6 heteroatoms. The Morgan fingerprint density at radius 3 is 2.38 bits per heavy atom. The molecule has 3 N–H and O–H groups in total. The van der Waals surface area contributed by atoms with E-state index in [0.29, 0.717) is 4.47 Å². The van der Waals surface area contributed by atoms with Crippen molar-refractivity contribution in [1.82, 2.24) is 0 Å². The van der Waals surface area contributed by atoms with E-state index in [2.05, 4.69) is 15.9 Å². The number of halogens is 1. The average Bonchev–Trinajstić information content (AvgIpc) is 2.03. The summed E-state index contributed by atoms with van der Waals surface area (Å²) in [4.78, 5) is 10.5. The molecule has 1 aromatic carbocycles. The van der Waals surface area contributed by atoms with Gasteiger partial charge in [-0.15, -0.1) is 0 Å². The highest BCUT2D eigenvalue weighted by atomic mass is 79.9. The van der Waals surface area contributed by atoms with E-state index >= 15 is 0 Å². The quantitative estimate of drug-likeness (QED) is 0.632. The molecule has 1 rings (SSSR count). The zero-order chi connectivity index (χ0) is 10.0. The predicted molar refractivity (Wildman–Crippen MR) is 50.9 cm³/mol. The zero-order valence-corrected chi connectivity index (χ0v) is 8.02. The second-order valence-electron chi connectivity index (χ2n) is 2.45. The molecule has 0 saturated carbocycles. The van der Waals surface area contributed by atoms with Crippen LogP contribution in [0.4, 0.5) is 0 Å². The minimum atomic E-state index is -1.66. The molecule has 0 aliphatic heterocycles. The summed E-state index contributed by atoms with van der Waals surface area (Å²) in [5.74, 6) is -1.11. The molecule has 0 atom stereocenters. The Bertz CT molecular complexity index is 339. The fourth-order valence-corrected chi connectivity index (χ4v) is 1.40. The van der Waals surface area contributed by atoms with Crippen LogP contribution in [0.3, 0.4) is 0 Å². The third kappa shape index (κ3) is 2.55. The Morgan fingerprint density at radius 2 is 1.92 bits per heavy atom. The minimum absolute atomic E-state index is 0.0116. The standard InChI is InChI=1S/C7H6BBrO4/c9-6-2-4(7(10)11)1-5(3-6)8(12)13/h1-3,12-13H,(H,10,11). The summed E-state index contributed by atoms with van der Waals surface area (Å²) in [5.41, 5.74) is 0.157. The van der Waals surface area contributed by atoms with Gasteiger partial charge in [-0.25, -0.2) is 4.79 Å². The summed E-state index contributed by atoms with van der Waals surface area (Å²) in [7, 11) is -1.66. The van der Waals surface area contributed by atoms with Crippen LogP contribution in [0.2, 0.25) is 0 Å². The van der Waals surface area contributed by atoms with Gasteiger partial charge in [0.1, 0.15) is 0 Å². The van der Waals surface area contributed by atoms with E-state index in [1.54, 1.807) is 0 Å². The molecule has 4 nitrogen and oxygen atoms in total. The van der Waals surface area contributed by atoms with Gasteiger partial charge in [0.15, 0.2) is 0 Å². The highest BCUT2D eigenvalue weighted by Gasteiger charge is 2.14. The fraction of sp³-hybridized carbons (Fsp3) is 0. The smallest absolute Gasteiger partial charge is 0.478 e. The third-order valence-electron chi connectivity index (χ3n) is 1.47. The molecule has 1 aromatic rings. The lowest BCUT2D eigenvalue weighted by Gasteiger charge is -2.02. The van der Waals surface area contributed by atoms with Crippen LogP contribution in [0.5, 0.6) is 0 Å². The molecule has 0 heterocycles. The highest BCUT2D eigenvalue weighted by molar-refractivity contribution is 9.10. The number of carbonyl (C=O) groups is 1. The molecule has 0 unspecified atom stereocenters. The molecular formula is C7H6BBrO4. The van der Waals surface area contributed by atoms with Gasteiger partial charge >= 0.3 is 13.1 Å². The summed E-state index contributed by atoms with van der Waals surface area (Å²) in [6, 6.07) is 4.03. The van der Waals surface area contributed by atoms with Crippen molar-refractivity contribution >= 4 is 34.5 Å². The molecule has 0 fully saturated rings. The Balaban J connectivity index is 3.19. The zero-order valence-electron chi connectivity index (χ0n) is 6.44. The lowest BCUT2D eigenvalue weighted by Crippen LogP contribution is -2.30. The molecule has 0 bridgehead atoms. The summed E-state index contributed by atoms with van der Waals surface area (Å²) in [6.07, 6.45) is 0. The van der Waals surface area contributed by atoms with Crippen LogP contribution in [-0.2, 0) is 0 Å². The molecular weight excluding hydrogens is 239 g/mol. The van der Waals surface area contributed by atoms with E-state index in [9.17, 15) is 4.79 Å². The number of carboxylic acids is 1. The van der Waals surface area contributed by atoms with E-state index in [4.69, 9.17) is 15.2 Å². The summed E-state index contributed by atoms with van der Waals surface area (Å²) in [5, 5.41) is 26.2. The van der Waals surface area contributed by atoms with E-state index in [-0.39, 0.29) is 11.0 Å². The topological polar surface area (TPSA) is 77.8 Å². The molecule has 0 aliphatic rings. The number of hydrogen-bond donors (Lipinski definition) is 3. The molecule has 0 amide bonds. The van der Waals surface area contributed by atoms with Crippen LogP contribution in [0.15, 0.2) is 22.7 Å². The number of aromatic carboxylic acids is 1. The summed E-state index contributed by atoms with van der Waals surface area (Å²) < 4.78 is 0.496. The van der Waals surface area contributed by atoms with Gasteiger partial charge in [0.2, 0.25) is 0 Å². The Labute approximate surface area is 83.1 Å². The van der Waals surface area contributed by atoms with E-state index in [0.717, 1.165) is 0 Å². The Kier molecular flexibility index (Phi) is 3.08. The molecule has 0 radical (unpaired) electrons. The van der Waals surface area contributed by atoms with Crippen LogP contribution in [0, 0.1) is 0 Å². The van der Waals surface area contributed by atoms with Crippen molar-refractivity contribution in [2.75, 3.05) is 0 Å².